The van der Waals surface area contributed by atoms with Gasteiger partial charge >= 0.3 is 0 Å². The van der Waals surface area contributed by atoms with Crippen LogP contribution in [0, 0.1) is 5.82 Å². The van der Waals surface area contributed by atoms with E-state index in [2.05, 4.69) is 46.5 Å². The van der Waals surface area contributed by atoms with Crippen LogP contribution in [-0.4, -0.2) is 45.8 Å². The Morgan fingerprint density at radius 3 is 2.53 bits per heavy atom. The van der Waals surface area contributed by atoms with Crippen LogP contribution in [0.1, 0.15) is 55.8 Å². The molecule has 0 saturated carbocycles. The Bertz CT molecular complexity index is 1110. The standard InChI is InChI=1S/C29H35FN4O2/c1-2-3-7-16-29(23-8-5-4-6-9-23)19-34(20-29)28(36)26(17-22-10-12-24(30)13-11-22)33-27(35)15-14-25-18-31-21-32-25/h4-6,8-13,18,21,26H,2-3,7,14-17,19-20H2,1H3,(H,31,32)(H,33,35)/t26-/m1/s1. The molecule has 1 aliphatic heterocycles. The van der Waals surface area contributed by atoms with Crippen LogP contribution < -0.4 is 5.32 Å². The van der Waals surface area contributed by atoms with Gasteiger partial charge in [-0.15, -0.1) is 0 Å². The number of nitrogens with one attached hydrogen (secondary N) is 2. The van der Waals surface area contributed by atoms with E-state index in [0.717, 1.165) is 30.5 Å². The highest BCUT2D eigenvalue weighted by Gasteiger charge is 2.47. The predicted octanol–water partition coefficient (Wildman–Crippen LogP) is 4.57. The van der Waals surface area contributed by atoms with Crippen LogP contribution in [0.2, 0.25) is 0 Å². The van der Waals surface area contributed by atoms with Crippen molar-refractivity contribution in [3.63, 3.8) is 0 Å². The summed E-state index contributed by atoms with van der Waals surface area (Å²) in [5, 5.41) is 2.95. The first-order valence-electron chi connectivity index (χ1n) is 12.8. The molecule has 36 heavy (non-hydrogen) atoms. The van der Waals surface area contributed by atoms with Crippen LogP contribution in [0.3, 0.4) is 0 Å². The molecule has 0 bridgehead atoms. The number of hydrogen-bond donors (Lipinski definition) is 2. The summed E-state index contributed by atoms with van der Waals surface area (Å²) >= 11 is 0. The molecule has 1 atom stereocenters. The topological polar surface area (TPSA) is 78.1 Å². The number of halogens is 1. The molecule has 190 valence electrons. The summed E-state index contributed by atoms with van der Waals surface area (Å²) in [5.74, 6) is -0.605. The number of H-pyrrole nitrogens is 1. The minimum Gasteiger partial charge on any atom is -0.348 e. The van der Waals surface area contributed by atoms with Crippen molar-refractivity contribution in [2.75, 3.05) is 13.1 Å². The molecule has 4 rings (SSSR count). The third-order valence-corrected chi connectivity index (χ3v) is 7.11. The molecule has 1 aromatic heterocycles. The molecule has 1 saturated heterocycles. The summed E-state index contributed by atoms with van der Waals surface area (Å²) < 4.78 is 13.4. The molecule has 1 fully saturated rings. The molecule has 3 aromatic rings. The second-order valence-corrected chi connectivity index (χ2v) is 9.83. The highest BCUT2D eigenvalue weighted by Crippen LogP contribution is 2.39. The van der Waals surface area contributed by atoms with Gasteiger partial charge in [0.15, 0.2) is 0 Å². The van der Waals surface area contributed by atoms with Crippen LogP contribution >= 0.6 is 0 Å². The lowest BCUT2D eigenvalue weighted by atomic mass is 9.70. The lowest BCUT2D eigenvalue weighted by molar-refractivity contribution is -0.143. The van der Waals surface area contributed by atoms with Crippen LogP contribution in [0.4, 0.5) is 4.39 Å². The van der Waals surface area contributed by atoms with Crippen LogP contribution in [0.5, 0.6) is 0 Å². The molecule has 1 aliphatic rings. The molecule has 0 aliphatic carbocycles. The zero-order valence-corrected chi connectivity index (χ0v) is 20.9. The number of carbonyl (C=O) groups excluding carboxylic acids is 2. The number of aryl methyl sites for hydroxylation is 1. The maximum Gasteiger partial charge on any atom is 0.245 e. The fourth-order valence-corrected chi connectivity index (χ4v) is 5.04. The first-order valence-corrected chi connectivity index (χ1v) is 12.8. The molecule has 2 aromatic carbocycles. The summed E-state index contributed by atoms with van der Waals surface area (Å²) in [6.07, 6.45) is 8.83. The first kappa shape index (κ1) is 25.6. The maximum atomic E-state index is 13.6. The molecule has 2 N–H and O–H groups in total. The smallest absolute Gasteiger partial charge is 0.245 e. The van der Waals surface area contributed by atoms with Crippen molar-refractivity contribution in [1.29, 1.82) is 0 Å². The normalized spacial score (nSPS) is 15.2. The summed E-state index contributed by atoms with van der Waals surface area (Å²) in [4.78, 5) is 35.2. The van der Waals surface area contributed by atoms with Gasteiger partial charge in [0.1, 0.15) is 11.9 Å². The number of likely N-dealkylation sites (tertiary alicyclic amines) is 1. The monoisotopic (exact) mass is 490 g/mol. The molecule has 0 radical (unpaired) electrons. The van der Waals surface area contributed by atoms with E-state index in [1.54, 1.807) is 24.7 Å². The molecule has 2 heterocycles. The summed E-state index contributed by atoms with van der Waals surface area (Å²) in [6, 6.07) is 15.8. The maximum absolute atomic E-state index is 13.6. The zero-order chi connectivity index (χ0) is 25.4. The zero-order valence-electron chi connectivity index (χ0n) is 20.9. The second kappa shape index (κ2) is 12.0. The van der Waals surface area contributed by atoms with Crippen molar-refractivity contribution in [2.24, 2.45) is 0 Å². The third-order valence-electron chi connectivity index (χ3n) is 7.11. The lowest BCUT2D eigenvalue weighted by Gasteiger charge is -2.52. The van der Waals surface area contributed by atoms with Gasteiger partial charge in [-0.05, 0) is 36.1 Å². The van der Waals surface area contributed by atoms with Gasteiger partial charge in [0.2, 0.25) is 11.8 Å². The van der Waals surface area contributed by atoms with Crippen molar-refractivity contribution in [3.05, 3.63) is 89.8 Å². The summed E-state index contributed by atoms with van der Waals surface area (Å²) in [7, 11) is 0. The van der Waals surface area contributed by atoms with E-state index in [9.17, 15) is 14.0 Å². The quantitative estimate of drug-likeness (QED) is 0.365. The Kier molecular flexibility index (Phi) is 8.52. The number of aromatic amines is 1. The molecule has 2 amide bonds. The average Bonchev–Trinajstić information content (AvgIpc) is 3.39. The van der Waals surface area contributed by atoms with Gasteiger partial charge in [0.05, 0.1) is 6.33 Å². The van der Waals surface area contributed by atoms with Gasteiger partial charge in [-0.25, -0.2) is 9.37 Å². The van der Waals surface area contributed by atoms with E-state index >= 15 is 0 Å². The fourth-order valence-electron chi connectivity index (χ4n) is 5.04. The average molecular weight is 491 g/mol. The highest BCUT2D eigenvalue weighted by atomic mass is 19.1. The first-order chi connectivity index (χ1) is 17.5. The number of carbonyl (C=O) groups is 2. The van der Waals surface area contributed by atoms with E-state index in [-0.39, 0.29) is 29.5 Å². The van der Waals surface area contributed by atoms with E-state index < -0.39 is 6.04 Å². The van der Waals surface area contributed by atoms with Crippen molar-refractivity contribution in [1.82, 2.24) is 20.2 Å². The minimum absolute atomic E-state index is 0.0445. The largest absolute Gasteiger partial charge is 0.348 e. The molecule has 0 unspecified atom stereocenters. The SMILES string of the molecule is CCCCCC1(c2ccccc2)CN(C(=O)[C@@H](Cc2ccc(F)cc2)NC(=O)CCc2cnc[nH]2)C1. The second-order valence-electron chi connectivity index (χ2n) is 9.83. The molecule has 7 heteroatoms. The van der Waals surface area contributed by atoms with Crippen molar-refractivity contribution < 1.29 is 14.0 Å². The summed E-state index contributed by atoms with van der Waals surface area (Å²) in [6.45, 7) is 3.48. The van der Waals surface area contributed by atoms with E-state index in [0.29, 0.717) is 25.9 Å². The Labute approximate surface area is 212 Å². The van der Waals surface area contributed by atoms with Crippen LogP contribution in [-0.2, 0) is 27.8 Å². The summed E-state index contributed by atoms with van der Waals surface area (Å²) in [5.41, 5.74) is 2.90. The third kappa shape index (κ3) is 6.39. The van der Waals surface area contributed by atoms with Gasteiger partial charge < -0.3 is 15.2 Å². The molecule has 0 spiro atoms. The Morgan fingerprint density at radius 1 is 1.11 bits per heavy atom. The molecular formula is C29H35FN4O2. The highest BCUT2D eigenvalue weighted by molar-refractivity contribution is 5.88. The number of imidazole rings is 1. The fraction of sp³-hybridized carbons (Fsp3) is 0.414. The Balaban J connectivity index is 1.45. The number of hydrogen-bond acceptors (Lipinski definition) is 3. The predicted molar refractivity (Wildman–Crippen MR) is 138 cm³/mol. The van der Waals surface area contributed by atoms with Gasteiger partial charge in [-0.3, -0.25) is 9.59 Å². The number of amides is 2. The van der Waals surface area contributed by atoms with Gasteiger partial charge in [0.25, 0.3) is 0 Å². The number of unbranched alkanes of at least 4 members (excludes halogenated alkanes) is 2. The van der Waals surface area contributed by atoms with E-state index in [4.69, 9.17) is 0 Å². The molecular weight excluding hydrogens is 455 g/mol. The minimum atomic E-state index is -0.700. The van der Waals surface area contributed by atoms with Gasteiger partial charge in [-0.2, -0.15) is 0 Å². The number of benzene rings is 2. The van der Waals surface area contributed by atoms with Crippen LogP contribution in [0.25, 0.3) is 0 Å². The Morgan fingerprint density at radius 2 is 1.86 bits per heavy atom. The number of nitrogens with zero attached hydrogens (tertiary/aromatic N) is 2. The number of aromatic nitrogens is 2. The van der Waals surface area contributed by atoms with Crippen molar-refractivity contribution >= 4 is 11.8 Å². The van der Waals surface area contributed by atoms with Crippen LogP contribution in [0.15, 0.2) is 67.1 Å². The lowest BCUT2D eigenvalue weighted by Crippen LogP contribution is -2.64. The van der Waals surface area contributed by atoms with E-state index in [1.807, 2.05) is 11.0 Å². The number of rotatable bonds is 12. The Hall–Kier alpha value is -3.48. The van der Waals surface area contributed by atoms with Gasteiger partial charge in [-0.1, -0.05) is 68.7 Å². The van der Waals surface area contributed by atoms with Crippen molar-refractivity contribution in [2.45, 2.75) is 63.3 Å². The van der Waals surface area contributed by atoms with E-state index in [1.165, 1.54) is 24.1 Å². The molecule has 6 nitrogen and oxygen atoms in total. The van der Waals surface area contributed by atoms with Crippen molar-refractivity contribution in [3.8, 4) is 0 Å². The van der Waals surface area contributed by atoms with Gasteiger partial charge in [0, 0.05) is 43.2 Å².